The molecule has 1 atom stereocenters. The molecule has 1 fully saturated rings. The van der Waals surface area contributed by atoms with Crippen molar-refractivity contribution >= 4 is 26.0 Å². The first-order valence-electron chi connectivity index (χ1n) is 10.5. The van der Waals surface area contributed by atoms with Crippen LogP contribution in [0.25, 0.3) is 0 Å². The summed E-state index contributed by atoms with van der Waals surface area (Å²) >= 11 is 0. The van der Waals surface area contributed by atoms with Crippen molar-refractivity contribution in [2.75, 3.05) is 26.2 Å². The van der Waals surface area contributed by atoms with Crippen LogP contribution in [0.15, 0.2) is 70.5 Å². The Labute approximate surface area is 190 Å². The summed E-state index contributed by atoms with van der Waals surface area (Å²) in [4.78, 5) is 13.2. The molecular weight excluding hydrogens is 450 g/mol. The van der Waals surface area contributed by atoms with E-state index in [2.05, 4.69) is 5.32 Å². The first-order valence-corrected chi connectivity index (χ1v) is 13.4. The van der Waals surface area contributed by atoms with Crippen molar-refractivity contribution in [1.82, 2.24) is 13.9 Å². The van der Waals surface area contributed by atoms with Gasteiger partial charge in [0.1, 0.15) is 6.04 Å². The minimum atomic E-state index is -3.98. The Morgan fingerprint density at radius 1 is 0.906 bits per heavy atom. The number of hydrogen-bond acceptors (Lipinski definition) is 5. The average molecular weight is 480 g/mol. The van der Waals surface area contributed by atoms with Gasteiger partial charge in [-0.15, -0.1) is 0 Å². The maximum Gasteiger partial charge on any atom is 0.243 e. The number of sulfonamides is 2. The van der Waals surface area contributed by atoms with E-state index in [9.17, 15) is 21.6 Å². The van der Waals surface area contributed by atoms with E-state index in [4.69, 9.17) is 0 Å². The Balaban J connectivity index is 1.90. The van der Waals surface area contributed by atoms with Crippen molar-refractivity contribution in [1.29, 1.82) is 0 Å². The van der Waals surface area contributed by atoms with Gasteiger partial charge >= 0.3 is 0 Å². The van der Waals surface area contributed by atoms with Crippen LogP contribution in [0.2, 0.25) is 0 Å². The van der Waals surface area contributed by atoms with Crippen molar-refractivity contribution in [3.63, 3.8) is 0 Å². The first-order chi connectivity index (χ1) is 15.1. The highest BCUT2D eigenvalue weighted by molar-refractivity contribution is 7.89. The molecule has 0 unspecified atom stereocenters. The lowest BCUT2D eigenvalue weighted by Gasteiger charge is -2.39. The molecule has 2 aromatic carbocycles. The van der Waals surface area contributed by atoms with Crippen LogP contribution >= 0.6 is 0 Å². The van der Waals surface area contributed by atoms with E-state index in [1.165, 1.54) is 28.6 Å². The van der Waals surface area contributed by atoms with Crippen LogP contribution in [0, 0.1) is 5.92 Å². The fraction of sp³-hybridized carbons (Fsp3) is 0.409. The zero-order valence-electron chi connectivity index (χ0n) is 18.2. The van der Waals surface area contributed by atoms with E-state index >= 15 is 0 Å². The van der Waals surface area contributed by atoms with Gasteiger partial charge in [-0.1, -0.05) is 50.2 Å². The van der Waals surface area contributed by atoms with Crippen molar-refractivity contribution in [2.45, 2.75) is 36.1 Å². The average Bonchev–Trinajstić information content (AvgIpc) is 2.79. The first kappa shape index (κ1) is 24.4. The zero-order chi connectivity index (χ0) is 23.4. The molecule has 0 saturated carbocycles. The molecule has 32 heavy (non-hydrogen) atoms. The Morgan fingerprint density at radius 2 is 1.44 bits per heavy atom. The largest absolute Gasteiger partial charge is 0.355 e. The molecule has 0 aromatic heterocycles. The van der Waals surface area contributed by atoms with Crippen LogP contribution in [-0.4, -0.2) is 63.6 Å². The van der Waals surface area contributed by atoms with Crippen LogP contribution in [0.4, 0.5) is 0 Å². The second kappa shape index (κ2) is 10.1. The quantitative estimate of drug-likeness (QED) is 0.623. The third-order valence-corrected chi connectivity index (χ3v) is 9.15. The number of hydrogen-bond donors (Lipinski definition) is 1. The van der Waals surface area contributed by atoms with E-state index < -0.39 is 32.0 Å². The van der Waals surface area contributed by atoms with Crippen LogP contribution in [0.1, 0.15) is 20.3 Å². The molecule has 1 aliphatic heterocycles. The summed E-state index contributed by atoms with van der Waals surface area (Å²) in [6.07, 6.45) is 0.732. The van der Waals surface area contributed by atoms with Gasteiger partial charge in [0.2, 0.25) is 26.0 Å². The lowest BCUT2D eigenvalue weighted by Crippen LogP contribution is -2.61. The van der Waals surface area contributed by atoms with Gasteiger partial charge in [0.15, 0.2) is 0 Å². The van der Waals surface area contributed by atoms with Crippen molar-refractivity contribution in [2.24, 2.45) is 5.92 Å². The molecule has 3 rings (SSSR count). The molecule has 8 nitrogen and oxygen atoms in total. The maximum atomic E-state index is 13.3. The van der Waals surface area contributed by atoms with Crippen molar-refractivity contribution in [3.05, 3.63) is 60.7 Å². The molecule has 1 amide bonds. The van der Waals surface area contributed by atoms with Gasteiger partial charge in [0.05, 0.1) is 9.79 Å². The zero-order valence-corrected chi connectivity index (χ0v) is 19.8. The normalized spacial score (nSPS) is 18.5. The van der Waals surface area contributed by atoms with Crippen LogP contribution < -0.4 is 5.32 Å². The minimum Gasteiger partial charge on any atom is -0.355 e. The molecule has 1 saturated heterocycles. The smallest absolute Gasteiger partial charge is 0.243 e. The monoisotopic (exact) mass is 479 g/mol. The van der Waals surface area contributed by atoms with Crippen molar-refractivity contribution < 1.29 is 21.6 Å². The molecule has 10 heteroatoms. The molecule has 1 heterocycles. The number of nitrogens with one attached hydrogen (secondary N) is 1. The fourth-order valence-corrected chi connectivity index (χ4v) is 6.58. The van der Waals surface area contributed by atoms with Crippen LogP contribution in [0.3, 0.4) is 0 Å². The number of rotatable bonds is 8. The highest BCUT2D eigenvalue weighted by Crippen LogP contribution is 2.25. The van der Waals surface area contributed by atoms with E-state index in [-0.39, 0.29) is 29.4 Å². The Kier molecular flexibility index (Phi) is 7.71. The predicted molar refractivity (Wildman–Crippen MR) is 122 cm³/mol. The van der Waals surface area contributed by atoms with E-state index in [0.717, 1.165) is 10.7 Å². The summed E-state index contributed by atoms with van der Waals surface area (Å²) in [5, 5.41) is 2.78. The number of amides is 1. The van der Waals surface area contributed by atoms with Crippen molar-refractivity contribution in [3.8, 4) is 0 Å². The van der Waals surface area contributed by atoms with Gasteiger partial charge in [-0.3, -0.25) is 4.79 Å². The fourth-order valence-electron chi connectivity index (χ4n) is 3.53. The topological polar surface area (TPSA) is 104 Å². The third-order valence-electron chi connectivity index (χ3n) is 5.35. The predicted octanol–water partition coefficient (Wildman–Crippen LogP) is 1.91. The standard InChI is InChI=1S/C22H29N3O5S2/c1-18(2)13-14-23-22(26)21-17-24(31(27,28)19-9-5-3-6-10-19)15-16-25(21)32(29,30)20-11-7-4-8-12-20/h3-12,18,21H,13-17H2,1-2H3,(H,23,26)/t21-/m1/s1. The number of carbonyl (C=O) groups is 1. The summed E-state index contributed by atoms with van der Waals surface area (Å²) in [6.45, 7) is 4.01. The number of nitrogens with zero attached hydrogens (tertiary/aromatic N) is 2. The molecule has 0 radical (unpaired) electrons. The number of carbonyl (C=O) groups excluding carboxylic acids is 1. The third kappa shape index (κ3) is 5.37. The molecule has 174 valence electrons. The Morgan fingerprint density at radius 3 is 1.97 bits per heavy atom. The molecule has 2 aromatic rings. The summed E-state index contributed by atoms with van der Waals surface area (Å²) in [5.41, 5.74) is 0. The highest BCUT2D eigenvalue weighted by Gasteiger charge is 2.43. The van der Waals surface area contributed by atoms with Crippen LogP contribution in [0.5, 0.6) is 0 Å². The number of piperazine rings is 1. The molecule has 1 N–H and O–H groups in total. The molecule has 0 bridgehead atoms. The second-order valence-corrected chi connectivity index (χ2v) is 11.9. The summed E-state index contributed by atoms with van der Waals surface area (Å²) in [5.74, 6) is -0.140. The van der Waals surface area contributed by atoms with E-state index in [1.54, 1.807) is 36.4 Å². The summed E-state index contributed by atoms with van der Waals surface area (Å²) < 4.78 is 55.1. The van der Waals surface area contributed by atoms with E-state index in [1.807, 2.05) is 13.8 Å². The lowest BCUT2D eigenvalue weighted by molar-refractivity contribution is -0.125. The Bertz CT molecular complexity index is 1120. The van der Waals surface area contributed by atoms with Gasteiger partial charge in [0.25, 0.3) is 0 Å². The van der Waals surface area contributed by atoms with Gasteiger partial charge in [0, 0.05) is 26.2 Å². The summed E-state index contributed by atoms with van der Waals surface area (Å²) in [6, 6.07) is 14.6. The van der Waals surface area contributed by atoms with Gasteiger partial charge in [-0.25, -0.2) is 16.8 Å². The molecule has 0 spiro atoms. The highest BCUT2D eigenvalue weighted by atomic mass is 32.2. The van der Waals surface area contributed by atoms with Gasteiger partial charge in [-0.05, 0) is 36.6 Å². The SMILES string of the molecule is CC(C)CCNC(=O)[C@H]1CN(S(=O)(=O)c2ccccc2)CCN1S(=O)(=O)c1ccccc1. The second-order valence-electron chi connectivity index (χ2n) is 8.09. The Hall–Kier alpha value is -2.27. The maximum absolute atomic E-state index is 13.3. The minimum absolute atomic E-state index is 0.0426. The molecule has 0 aliphatic carbocycles. The number of benzene rings is 2. The summed E-state index contributed by atoms with van der Waals surface area (Å²) in [7, 11) is -7.84. The lowest BCUT2D eigenvalue weighted by atomic mass is 10.1. The van der Waals surface area contributed by atoms with Gasteiger partial charge in [-0.2, -0.15) is 8.61 Å². The molecular formula is C22H29N3O5S2. The van der Waals surface area contributed by atoms with E-state index in [0.29, 0.717) is 12.5 Å². The molecule has 1 aliphatic rings. The van der Waals surface area contributed by atoms with Gasteiger partial charge < -0.3 is 5.32 Å². The van der Waals surface area contributed by atoms with Crippen LogP contribution in [-0.2, 0) is 24.8 Å².